The number of rotatable bonds is 3. The zero-order valence-corrected chi connectivity index (χ0v) is 12.2. The molecule has 1 N–H and O–H groups in total. The van der Waals surface area contributed by atoms with E-state index in [2.05, 4.69) is 4.90 Å². The first kappa shape index (κ1) is 14.8. The van der Waals surface area contributed by atoms with E-state index in [9.17, 15) is 9.90 Å². The molecular weight excluding hydrogens is 240 g/mol. The number of aliphatic hydroxyl groups excluding tert-OH is 1. The standard InChI is InChI=1S/C15H28N2O2/c1-16(13-8-4-5-9-14(13)18)12-15(19)17-10-6-2-3-7-11-17/h13-14,18H,2-12H2,1H3. The molecule has 0 aromatic rings. The number of nitrogens with zero attached hydrogens (tertiary/aromatic N) is 2. The van der Waals surface area contributed by atoms with Crippen molar-refractivity contribution < 1.29 is 9.90 Å². The Bertz CT molecular complexity index is 288. The number of carbonyl (C=O) groups is 1. The highest BCUT2D eigenvalue weighted by atomic mass is 16.3. The van der Waals surface area contributed by atoms with Crippen molar-refractivity contribution in [2.75, 3.05) is 26.7 Å². The maximum atomic E-state index is 12.3. The van der Waals surface area contributed by atoms with E-state index in [0.717, 1.165) is 45.2 Å². The summed E-state index contributed by atoms with van der Waals surface area (Å²) in [5, 5.41) is 10.0. The Morgan fingerprint density at radius 2 is 1.74 bits per heavy atom. The third-order valence-corrected chi connectivity index (χ3v) is 4.60. The molecule has 2 atom stereocenters. The second-order valence-corrected chi connectivity index (χ2v) is 6.13. The fourth-order valence-electron chi connectivity index (χ4n) is 3.36. The van der Waals surface area contributed by atoms with E-state index in [0.29, 0.717) is 6.54 Å². The van der Waals surface area contributed by atoms with Crippen molar-refractivity contribution in [1.29, 1.82) is 0 Å². The summed E-state index contributed by atoms with van der Waals surface area (Å²) < 4.78 is 0. The summed E-state index contributed by atoms with van der Waals surface area (Å²) in [4.78, 5) is 16.4. The molecule has 0 radical (unpaired) electrons. The zero-order valence-electron chi connectivity index (χ0n) is 12.2. The molecule has 1 amide bonds. The van der Waals surface area contributed by atoms with Crippen LogP contribution in [0.2, 0.25) is 0 Å². The second-order valence-electron chi connectivity index (χ2n) is 6.13. The van der Waals surface area contributed by atoms with Crippen molar-refractivity contribution in [1.82, 2.24) is 9.80 Å². The molecule has 0 bridgehead atoms. The maximum absolute atomic E-state index is 12.3. The number of amides is 1. The Morgan fingerprint density at radius 3 is 2.37 bits per heavy atom. The minimum Gasteiger partial charge on any atom is -0.391 e. The molecule has 1 saturated carbocycles. The van der Waals surface area contributed by atoms with E-state index in [1.54, 1.807) is 0 Å². The van der Waals surface area contributed by atoms with Crippen LogP contribution in [0.4, 0.5) is 0 Å². The third-order valence-electron chi connectivity index (χ3n) is 4.60. The van der Waals surface area contributed by atoms with Gasteiger partial charge in [-0.05, 0) is 32.7 Å². The summed E-state index contributed by atoms with van der Waals surface area (Å²) in [7, 11) is 1.98. The van der Waals surface area contributed by atoms with Crippen LogP contribution in [0.3, 0.4) is 0 Å². The first-order valence-corrected chi connectivity index (χ1v) is 7.84. The fraction of sp³-hybridized carbons (Fsp3) is 0.933. The van der Waals surface area contributed by atoms with E-state index >= 15 is 0 Å². The minimum atomic E-state index is -0.254. The fourth-order valence-corrected chi connectivity index (χ4v) is 3.36. The van der Waals surface area contributed by atoms with Gasteiger partial charge in [-0.15, -0.1) is 0 Å². The van der Waals surface area contributed by atoms with Crippen LogP contribution in [0.25, 0.3) is 0 Å². The molecule has 0 aromatic heterocycles. The smallest absolute Gasteiger partial charge is 0.236 e. The lowest BCUT2D eigenvalue weighted by atomic mass is 9.91. The Kier molecular flexibility index (Phi) is 5.64. The predicted octanol–water partition coefficient (Wildman–Crippen LogP) is 1.62. The lowest BCUT2D eigenvalue weighted by Gasteiger charge is -2.35. The first-order chi connectivity index (χ1) is 9.18. The first-order valence-electron chi connectivity index (χ1n) is 7.84. The van der Waals surface area contributed by atoms with E-state index in [-0.39, 0.29) is 18.1 Å². The molecule has 2 aliphatic rings. The van der Waals surface area contributed by atoms with E-state index < -0.39 is 0 Å². The van der Waals surface area contributed by atoms with Gasteiger partial charge >= 0.3 is 0 Å². The summed E-state index contributed by atoms with van der Waals surface area (Å²) in [6, 6.07) is 0.171. The monoisotopic (exact) mass is 268 g/mol. The summed E-state index contributed by atoms with van der Waals surface area (Å²) >= 11 is 0. The average molecular weight is 268 g/mol. The van der Waals surface area contributed by atoms with Crippen LogP contribution in [-0.2, 0) is 4.79 Å². The number of likely N-dealkylation sites (tertiary alicyclic amines) is 1. The van der Waals surface area contributed by atoms with Gasteiger partial charge in [-0.25, -0.2) is 0 Å². The zero-order chi connectivity index (χ0) is 13.7. The molecule has 2 rings (SSSR count). The summed E-state index contributed by atoms with van der Waals surface area (Å²) in [6.07, 6.45) is 8.72. The van der Waals surface area contributed by atoms with Crippen LogP contribution in [0.15, 0.2) is 0 Å². The van der Waals surface area contributed by atoms with Crippen LogP contribution in [0.1, 0.15) is 51.4 Å². The van der Waals surface area contributed by atoms with Crippen LogP contribution in [0, 0.1) is 0 Å². The van der Waals surface area contributed by atoms with Gasteiger partial charge in [0.15, 0.2) is 0 Å². The van der Waals surface area contributed by atoms with Crippen molar-refractivity contribution in [2.24, 2.45) is 0 Å². The van der Waals surface area contributed by atoms with Crippen LogP contribution in [0.5, 0.6) is 0 Å². The molecule has 0 aromatic carbocycles. The van der Waals surface area contributed by atoms with Crippen molar-refractivity contribution >= 4 is 5.91 Å². The van der Waals surface area contributed by atoms with Crippen LogP contribution in [-0.4, -0.2) is 59.6 Å². The molecule has 2 unspecified atom stereocenters. The van der Waals surface area contributed by atoms with Gasteiger partial charge in [0.05, 0.1) is 12.6 Å². The van der Waals surface area contributed by atoms with Gasteiger partial charge < -0.3 is 10.0 Å². The number of hydrogen-bond acceptors (Lipinski definition) is 3. The van der Waals surface area contributed by atoms with Gasteiger partial charge in [-0.1, -0.05) is 25.7 Å². The Morgan fingerprint density at radius 1 is 1.11 bits per heavy atom. The van der Waals surface area contributed by atoms with Gasteiger partial charge in [-0.2, -0.15) is 0 Å². The normalized spacial score (nSPS) is 29.3. The highest BCUT2D eigenvalue weighted by Gasteiger charge is 2.28. The molecule has 4 nitrogen and oxygen atoms in total. The lowest BCUT2D eigenvalue weighted by Crippen LogP contribution is -2.48. The molecule has 1 heterocycles. The molecular formula is C15H28N2O2. The quantitative estimate of drug-likeness (QED) is 0.846. The lowest BCUT2D eigenvalue weighted by molar-refractivity contribution is -0.133. The van der Waals surface area contributed by atoms with Crippen molar-refractivity contribution in [3.63, 3.8) is 0 Å². The van der Waals surface area contributed by atoms with Crippen molar-refractivity contribution in [3.8, 4) is 0 Å². The molecule has 2 fully saturated rings. The summed E-state index contributed by atoms with van der Waals surface area (Å²) in [5.74, 6) is 0.238. The minimum absolute atomic E-state index is 0.171. The highest BCUT2D eigenvalue weighted by molar-refractivity contribution is 5.78. The van der Waals surface area contributed by atoms with Crippen molar-refractivity contribution in [3.05, 3.63) is 0 Å². The molecule has 110 valence electrons. The van der Waals surface area contributed by atoms with Crippen LogP contribution < -0.4 is 0 Å². The molecule has 1 aliphatic heterocycles. The van der Waals surface area contributed by atoms with E-state index in [1.807, 2.05) is 11.9 Å². The number of aliphatic hydroxyl groups is 1. The Labute approximate surface area is 116 Å². The molecule has 4 heteroatoms. The van der Waals surface area contributed by atoms with Gasteiger partial charge in [0.1, 0.15) is 0 Å². The van der Waals surface area contributed by atoms with Crippen molar-refractivity contribution in [2.45, 2.75) is 63.5 Å². The van der Waals surface area contributed by atoms with Gasteiger partial charge in [0, 0.05) is 19.1 Å². The SMILES string of the molecule is CN(CC(=O)N1CCCCCC1)C1CCCCC1O. The van der Waals surface area contributed by atoms with E-state index in [4.69, 9.17) is 0 Å². The molecule has 1 aliphatic carbocycles. The maximum Gasteiger partial charge on any atom is 0.236 e. The molecule has 19 heavy (non-hydrogen) atoms. The number of carbonyl (C=O) groups excluding carboxylic acids is 1. The summed E-state index contributed by atoms with van der Waals surface area (Å²) in [5.41, 5.74) is 0. The molecule has 0 spiro atoms. The van der Waals surface area contributed by atoms with E-state index in [1.165, 1.54) is 19.3 Å². The van der Waals surface area contributed by atoms with Gasteiger partial charge in [-0.3, -0.25) is 9.69 Å². The Balaban J connectivity index is 1.83. The predicted molar refractivity (Wildman–Crippen MR) is 75.9 cm³/mol. The number of hydrogen-bond donors (Lipinski definition) is 1. The number of likely N-dealkylation sites (N-methyl/N-ethyl adjacent to an activating group) is 1. The molecule has 1 saturated heterocycles. The average Bonchev–Trinajstić information content (AvgIpc) is 2.68. The third kappa shape index (κ3) is 4.18. The highest BCUT2D eigenvalue weighted by Crippen LogP contribution is 2.22. The largest absolute Gasteiger partial charge is 0.391 e. The van der Waals surface area contributed by atoms with Gasteiger partial charge in [0.2, 0.25) is 5.91 Å². The van der Waals surface area contributed by atoms with Gasteiger partial charge in [0.25, 0.3) is 0 Å². The second kappa shape index (κ2) is 7.25. The summed E-state index contributed by atoms with van der Waals surface area (Å²) in [6.45, 7) is 2.29. The Hall–Kier alpha value is -0.610. The van der Waals surface area contributed by atoms with Crippen LogP contribution >= 0.6 is 0 Å². The topological polar surface area (TPSA) is 43.8 Å².